The highest BCUT2D eigenvalue weighted by Crippen LogP contribution is 2.07. The maximum Gasteiger partial charge on any atom is 0.242 e. The zero-order chi connectivity index (χ0) is 14.6. The van der Waals surface area contributed by atoms with E-state index < -0.39 is 10.0 Å². The molecular formula is C11H13N5O2S2. The molecule has 2 rings (SSSR count). The van der Waals surface area contributed by atoms with Crippen LogP contribution in [0.5, 0.6) is 0 Å². The number of aromatic nitrogens is 3. The topological polar surface area (TPSA) is 114 Å². The molecule has 0 atom stereocenters. The molecule has 9 heteroatoms. The van der Waals surface area contributed by atoms with Gasteiger partial charge in [0.05, 0.1) is 5.69 Å². The summed E-state index contributed by atoms with van der Waals surface area (Å²) in [6.07, 6.45) is 5.00. The Morgan fingerprint density at radius 2 is 2.20 bits per heavy atom. The van der Waals surface area contributed by atoms with E-state index in [1.54, 1.807) is 12.4 Å². The summed E-state index contributed by atoms with van der Waals surface area (Å²) >= 11 is 4.75. The summed E-state index contributed by atoms with van der Waals surface area (Å²) in [5.41, 5.74) is 5.78. The minimum Gasteiger partial charge on any atom is -0.388 e. The second-order valence-corrected chi connectivity index (χ2v) is 6.13. The van der Waals surface area contributed by atoms with E-state index in [0.717, 1.165) is 5.82 Å². The molecule has 4 N–H and O–H groups in total. The second-order valence-electron chi connectivity index (χ2n) is 3.93. The molecule has 2 aromatic heterocycles. The molecule has 106 valence electrons. The molecule has 0 unspecified atom stereocenters. The number of sulfonamides is 1. The van der Waals surface area contributed by atoms with Gasteiger partial charge >= 0.3 is 0 Å². The zero-order valence-electron chi connectivity index (χ0n) is 10.4. The SMILES string of the molecule is NC(=S)c1ccc(S(=O)(=O)NCCc2ncc[nH]2)cn1. The van der Waals surface area contributed by atoms with Crippen molar-refractivity contribution in [2.24, 2.45) is 5.73 Å². The van der Waals surface area contributed by atoms with Crippen molar-refractivity contribution in [2.45, 2.75) is 11.3 Å². The van der Waals surface area contributed by atoms with E-state index in [1.165, 1.54) is 18.3 Å². The van der Waals surface area contributed by atoms with E-state index in [1.807, 2.05) is 0 Å². The molecule has 20 heavy (non-hydrogen) atoms. The number of rotatable bonds is 6. The lowest BCUT2D eigenvalue weighted by Gasteiger charge is -2.06. The average molecular weight is 311 g/mol. The summed E-state index contributed by atoms with van der Waals surface area (Å²) in [5.74, 6) is 0.717. The van der Waals surface area contributed by atoms with Crippen LogP contribution in [0.3, 0.4) is 0 Å². The number of nitrogens with zero attached hydrogens (tertiary/aromatic N) is 2. The van der Waals surface area contributed by atoms with E-state index in [4.69, 9.17) is 18.0 Å². The highest BCUT2D eigenvalue weighted by Gasteiger charge is 2.14. The summed E-state index contributed by atoms with van der Waals surface area (Å²) in [6, 6.07) is 2.89. The van der Waals surface area contributed by atoms with Gasteiger partial charge in [-0.05, 0) is 12.1 Å². The predicted octanol–water partition coefficient (Wildman–Crippen LogP) is -0.0401. The minimum atomic E-state index is -3.59. The number of pyridine rings is 1. The van der Waals surface area contributed by atoms with E-state index in [-0.39, 0.29) is 16.4 Å². The van der Waals surface area contributed by atoms with Gasteiger partial charge in [-0.25, -0.2) is 18.1 Å². The fourth-order valence-corrected chi connectivity index (χ4v) is 2.60. The van der Waals surface area contributed by atoms with Gasteiger partial charge in [0.1, 0.15) is 15.7 Å². The molecule has 0 aliphatic heterocycles. The third-order valence-corrected chi connectivity index (χ3v) is 4.16. The maximum absolute atomic E-state index is 12.0. The monoisotopic (exact) mass is 311 g/mol. The van der Waals surface area contributed by atoms with Crippen LogP contribution in [-0.4, -0.2) is 34.9 Å². The van der Waals surface area contributed by atoms with Gasteiger partial charge in [-0.15, -0.1) is 0 Å². The van der Waals surface area contributed by atoms with Gasteiger partial charge < -0.3 is 10.7 Å². The van der Waals surface area contributed by atoms with Gasteiger partial charge in [0.25, 0.3) is 0 Å². The van der Waals surface area contributed by atoms with Crippen LogP contribution < -0.4 is 10.5 Å². The molecule has 0 aromatic carbocycles. The summed E-state index contributed by atoms with van der Waals surface area (Å²) in [6.45, 7) is 0.243. The van der Waals surface area contributed by atoms with E-state index in [0.29, 0.717) is 12.1 Å². The molecule has 0 radical (unpaired) electrons. The quantitative estimate of drug-likeness (QED) is 0.645. The fourth-order valence-electron chi connectivity index (χ4n) is 1.51. The maximum atomic E-state index is 12.0. The van der Waals surface area contributed by atoms with E-state index in [2.05, 4.69) is 19.7 Å². The molecule has 7 nitrogen and oxygen atoms in total. The van der Waals surface area contributed by atoms with Gasteiger partial charge in [-0.1, -0.05) is 12.2 Å². The second kappa shape index (κ2) is 6.07. The molecule has 0 bridgehead atoms. The van der Waals surface area contributed by atoms with Crippen molar-refractivity contribution in [3.05, 3.63) is 42.2 Å². The van der Waals surface area contributed by atoms with Crippen LogP contribution >= 0.6 is 12.2 Å². The normalized spacial score (nSPS) is 11.4. The number of hydrogen-bond acceptors (Lipinski definition) is 5. The first-order valence-corrected chi connectivity index (χ1v) is 7.62. The Morgan fingerprint density at radius 3 is 2.75 bits per heavy atom. The fraction of sp³-hybridized carbons (Fsp3) is 0.182. The third-order valence-electron chi connectivity index (χ3n) is 2.51. The Kier molecular flexibility index (Phi) is 4.42. The molecule has 0 aliphatic rings. The lowest BCUT2D eigenvalue weighted by atomic mass is 10.3. The summed E-state index contributed by atoms with van der Waals surface area (Å²) in [7, 11) is -3.59. The Labute approximate surface area is 121 Å². The van der Waals surface area contributed by atoms with Crippen LogP contribution in [0.25, 0.3) is 0 Å². The predicted molar refractivity (Wildman–Crippen MR) is 77.6 cm³/mol. The first kappa shape index (κ1) is 14.6. The van der Waals surface area contributed by atoms with Crippen LogP contribution in [0.15, 0.2) is 35.6 Å². The van der Waals surface area contributed by atoms with Gasteiger partial charge in [0, 0.05) is 31.6 Å². The Balaban J connectivity index is 2.00. The van der Waals surface area contributed by atoms with Crippen molar-refractivity contribution < 1.29 is 8.42 Å². The number of nitrogens with two attached hydrogens (primary N) is 1. The molecule has 0 saturated heterocycles. The molecule has 0 saturated carbocycles. The number of hydrogen-bond donors (Lipinski definition) is 3. The largest absolute Gasteiger partial charge is 0.388 e. The number of imidazole rings is 1. The van der Waals surface area contributed by atoms with Crippen LogP contribution in [0.1, 0.15) is 11.5 Å². The summed E-state index contributed by atoms with van der Waals surface area (Å²) in [4.78, 5) is 11.0. The molecular weight excluding hydrogens is 298 g/mol. The van der Waals surface area contributed by atoms with Crippen LogP contribution in [-0.2, 0) is 16.4 Å². The van der Waals surface area contributed by atoms with E-state index >= 15 is 0 Å². The zero-order valence-corrected chi connectivity index (χ0v) is 12.0. The summed E-state index contributed by atoms with van der Waals surface area (Å²) in [5, 5.41) is 0. The number of nitrogens with one attached hydrogen (secondary N) is 2. The van der Waals surface area contributed by atoms with Crippen molar-refractivity contribution >= 4 is 27.2 Å². The van der Waals surface area contributed by atoms with Crippen LogP contribution in [0, 0.1) is 0 Å². The lowest BCUT2D eigenvalue weighted by Crippen LogP contribution is -2.26. The first-order valence-electron chi connectivity index (χ1n) is 5.73. The van der Waals surface area contributed by atoms with Crippen molar-refractivity contribution in [3.63, 3.8) is 0 Å². The highest BCUT2D eigenvalue weighted by atomic mass is 32.2. The van der Waals surface area contributed by atoms with Gasteiger partial charge in [0.2, 0.25) is 10.0 Å². The van der Waals surface area contributed by atoms with E-state index in [9.17, 15) is 8.42 Å². The Morgan fingerprint density at radius 1 is 1.40 bits per heavy atom. The number of H-pyrrole nitrogens is 1. The number of thiocarbonyl (C=S) groups is 1. The molecule has 2 aromatic rings. The highest BCUT2D eigenvalue weighted by molar-refractivity contribution is 7.89. The standard InChI is InChI=1S/C11H13N5O2S2/c12-11(19)9-2-1-8(7-15-9)20(17,18)16-4-3-10-13-5-6-14-10/h1-2,5-7,16H,3-4H2,(H2,12,19)(H,13,14). The lowest BCUT2D eigenvalue weighted by molar-refractivity contribution is 0.580. The van der Waals surface area contributed by atoms with Gasteiger partial charge in [-0.3, -0.25) is 4.98 Å². The van der Waals surface area contributed by atoms with Crippen molar-refractivity contribution in [3.8, 4) is 0 Å². The first-order chi connectivity index (χ1) is 9.49. The molecule has 0 spiro atoms. The Hall–Kier alpha value is -1.84. The molecule has 0 fully saturated rings. The molecule has 0 aliphatic carbocycles. The van der Waals surface area contributed by atoms with Crippen LogP contribution in [0.2, 0.25) is 0 Å². The average Bonchev–Trinajstić information content (AvgIpc) is 2.92. The molecule has 0 amide bonds. The molecule has 2 heterocycles. The minimum absolute atomic E-state index is 0.0666. The van der Waals surface area contributed by atoms with Gasteiger partial charge in [0.15, 0.2) is 0 Å². The van der Waals surface area contributed by atoms with Gasteiger partial charge in [-0.2, -0.15) is 0 Å². The summed E-state index contributed by atoms with van der Waals surface area (Å²) < 4.78 is 26.5. The Bertz CT molecular complexity index is 680. The van der Waals surface area contributed by atoms with Crippen molar-refractivity contribution in [1.82, 2.24) is 19.7 Å². The number of aromatic amines is 1. The third kappa shape index (κ3) is 3.59. The smallest absolute Gasteiger partial charge is 0.242 e. The van der Waals surface area contributed by atoms with Crippen LogP contribution in [0.4, 0.5) is 0 Å². The van der Waals surface area contributed by atoms with Crippen molar-refractivity contribution in [1.29, 1.82) is 0 Å². The van der Waals surface area contributed by atoms with Crippen molar-refractivity contribution in [2.75, 3.05) is 6.54 Å².